The minimum absolute atomic E-state index is 0.255. The van der Waals surface area contributed by atoms with Crippen LogP contribution >= 0.6 is 15.9 Å². The molecule has 1 rings (SSSR count). The molecule has 0 saturated heterocycles. The molecular weight excluding hydrogens is 278 g/mol. The van der Waals surface area contributed by atoms with Crippen molar-refractivity contribution in [3.63, 3.8) is 0 Å². The second kappa shape index (κ2) is 8.54. The highest BCUT2D eigenvalue weighted by Gasteiger charge is 2.10. The molecule has 0 heterocycles. The Kier molecular flexibility index (Phi) is 7.29. The molecule has 1 atom stereocenters. The topological polar surface area (TPSA) is 21.3 Å². The maximum Gasteiger partial charge on any atom is 0.133 e. The van der Waals surface area contributed by atoms with E-state index in [1.807, 2.05) is 24.3 Å². The molecule has 0 radical (unpaired) electrons. The quantitative estimate of drug-likeness (QED) is 0.733. The van der Waals surface area contributed by atoms with Crippen LogP contribution in [-0.4, -0.2) is 19.2 Å². The Morgan fingerprint density at radius 1 is 1.24 bits per heavy atom. The Labute approximate surface area is 113 Å². The van der Waals surface area contributed by atoms with Crippen LogP contribution in [0.2, 0.25) is 0 Å². The number of nitrogens with one attached hydrogen (secondary N) is 1. The molecule has 0 aliphatic rings. The van der Waals surface area contributed by atoms with E-state index in [2.05, 4.69) is 35.1 Å². The molecule has 0 bridgehead atoms. The molecule has 0 saturated carbocycles. The zero-order valence-electron chi connectivity index (χ0n) is 10.7. The van der Waals surface area contributed by atoms with E-state index in [4.69, 9.17) is 4.74 Å². The summed E-state index contributed by atoms with van der Waals surface area (Å²) in [6, 6.07) is 8.02. The van der Waals surface area contributed by atoms with Crippen LogP contribution in [0.25, 0.3) is 0 Å². The summed E-state index contributed by atoms with van der Waals surface area (Å²) in [5.74, 6) is 0.934. The second-order valence-electron chi connectivity index (χ2n) is 4.16. The highest BCUT2D eigenvalue weighted by Crippen LogP contribution is 2.25. The third kappa shape index (κ3) is 5.55. The van der Waals surface area contributed by atoms with Crippen molar-refractivity contribution < 1.29 is 4.74 Å². The Hall–Kier alpha value is -0.540. The van der Waals surface area contributed by atoms with Crippen molar-refractivity contribution in [1.29, 1.82) is 0 Å². The van der Waals surface area contributed by atoms with Gasteiger partial charge in [-0.05, 0) is 47.4 Å². The van der Waals surface area contributed by atoms with Crippen LogP contribution in [0.4, 0.5) is 0 Å². The first-order valence-corrected chi connectivity index (χ1v) is 7.19. The molecular formula is C14H22BrNO. The van der Waals surface area contributed by atoms with Gasteiger partial charge in [-0.25, -0.2) is 0 Å². The second-order valence-corrected chi connectivity index (χ2v) is 5.02. The lowest BCUT2D eigenvalue weighted by atomic mass is 10.2. The number of hydrogen-bond acceptors (Lipinski definition) is 2. The average Bonchev–Trinajstić information content (AvgIpc) is 2.32. The molecule has 1 unspecified atom stereocenters. The van der Waals surface area contributed by atoms with Crippen LogP contribution in [0.15, 0.2) is 28.7 Å². The highest BCUT2D eigenvalue weighted by molar-refractivity contribution is 9.10. The van der Waals surface area contributed by atoms with E-state index in [1.165, 1.54) is 0 Å². The number of ether oxygens (including phenoxy) is 1. The van der Waals surface area contributed by atoms with Gasteiger partial charge in [-0.2, -0.15) is 0 Å². The van der Waals surface area contributed by atoms with Gasteiger partial charge >= 0.3 is 0 Å². The first-order chi connectivity index (χ1) is 8.27. The zero-order chi connectivity index (χ0) is 12.5. The van der Waals surface area contributed by atoms with Crippen LogP contribution in [0.3, 0.4) is 0 Å². The molecule has 0 aliphatic carbocycles. The number of para-hydroxylation sites is 1. The summed E-state index contributed by atoms with van der Waals surface area (Å²) in [7, 11) is 0. The first-order valence-electron chi connectivity index (χ1n) is 6.39. The fraction of sp³-hybridized carbons (Fsp3) is 0.571. The molecule has 1 aromatic rings. The van der Waals surface area contributed by atoms with Crippen LogP contribution in [0, 0.1) is 0 Å². The van der Waals surface area contributed by atoms with Crippen LogP contribution in [0.5, 0.6) is 5.75 Å². The fourth-order valence-corrected chi connectivity index (χ4v) is 2.06. The number of rotatable bonds is 8. The summed E-state index contributed by atoms with van der Waals surface area (Å²) in [4.78, 5) is 0. The zero-order valence-corrected chi connectivity index (χ0v) is 12.3. The monoisotopic (exact) mass is 299 g/mol. The summed E-state index contributed by atoms with van der Waals surface area (Å²) in [5.41, 5.74) is 0. The van der Waals surface area contributed by atoms with Gasteiger partial charge < -0.3 is 10.1 Å². The van der Waals surface area contributed by atoms with Gasteiger partial charge in [-0.1, -0.05) is 32.4 Å². The van der Waals surface area contributed by atoms with E-state index in [-0.39, 0.29) is 6.10 Å². The number of benzene rings is 1. The van der Waals surface area contributed by atoms with Crippen molar-refractivity contribution in [3.8, 4) is 5.75 Å². The molecule has 1 aromatic carbocycles. The molecule has 96 valence electrons. The van der Waals surface area contributed by atoms with Gasteiger partial charge in [0.05, 0.1) is 4.47 Å². The summed E-state index contributed by atoms with van der Waals surface area (Å²) >= 11 is 3.51. The van der Waals surface area contributed by atoms with Crippen molar-refractivity contribution in [2.45, 2.75) is 39.2 Å². The van der Waals surface area contributed by atoms with Crippen molar-refractivity contribution in [1.82, 2.24) is 5.32 Å². The third-order valence-electron chi connectivity index (χ3n) is 2.54. The molecule has 0 amide bonds. The lowest BCUT2D eigenvalue weighted by molar-refractivity contribution is 0.185. The van der Waals surface area contributed by atoms with Crippen LogP contribution in [-0.2, 0) is 0 Å². The van der Waals surface area contributed by atoms with Crippen LogP contribution in [0.1, 0.15) is 33.1 Å². The highest BCUT2D eigenvalue weighted by atomic mass is 79.9. The van der Waals surface area contributed by atoms with E-state index >= 15 is 0 Å². The predicted molar refractivity (Wildman–Crippen MR) is 76.6 cm³/mol. The van der Waals surface area contributed by atoms with Gasteiger partial charge in [0.15, 0.2) is 0 Å². The number of halogens is 1. The van der Waals surface area contributed by atoms with Gasteiger partial charge in [-0.15, -0.1) is 0 Å². The lowest BCUT2D eigenvalue weighted by Crippen LogP contribution is -2.31. The standard InChI is InChI=1S/C14H22BrNO/c1-3-7-12(11-16-10-4-2)17-14-9-6-5-8-13(14)15/h5-6,8-9,12,16H,3-4,7,10-11H2,1-2H3. The molecule has 0 aromatic heterocycles. The molecule has 17 heavy (non-hydrogen) atoms. The normalized spacial score (nSPS) is 12.4. The Bertz CT molecular complexity index is 317. The van der Waals surface area contributed by atoms with Gasteiger partial charge in [0, 0.05) is 6.54 Å². The van der Waals surface area contributed by atoms with Crippen molar-refractivity contribution >= 4 is 15.9 Å². The largest absolute Gasteiger partial charge is 0.488 e. The fourth-order valence-electron chi connectivity index (χ4n) is 1.68. The van der Waals surface area contributed by atoms with Gasteiger partial charge in [0.1, 0.15) is 11.9 Å². The van der Waals surface area contributed by atoms with Crippen molar-refractivity contribution in [2.24, 2.45) is 0 Å². The SMILES string of the molecule is CCCNCC(CCC)Oc1ccccc1Br. The summed E-state index contributed by atoms with van der Waals surface area (Å²) in [6.07, 6.45) is 3.64. The van der Waals surface area contributed by atoms with Gasteiger partial charge in [-0.3, -0.25) is 0 Å². The van der Waals surface area contributed by atoms with Crippen LogP contribution < -0.4 is 10.1 Å². The maximum absolute atomic E-state index is 6.02. The summed E-state index contributed by atoms with van der Waals surface area (Å²) in [6.45, 7) is 6.34. The average molecular weight is 300 g/mol. The molecule has 1 N–H and O–H groups in total. The smallest absolute Gasteiger partial charge is 0.133 e. The molecule has 2 nitrogen and oxygen atoms in total. The Morgan fingerprint density at radius 2 is 2.00 bits per heavy atom. The Morgan fingerprint density at radius 3 is 2.65 bits per heavy atom. The number of hydrogen-bond donors (Lipinski definition) is 1. The molecule has 3 heteroatoms. The van der Waals surface area contributed by atoms with E-state index in [0.29, 0.717) is 0 Å². The first kappa shape index (κ1) is 14.5. The van der Waals surface area contributed by atoms with Crippen molar-refractivity contribution in [2.75, 3.05) is 13.1 Å². The third-order valence-corrected chi connectivity index (χ3v) is 3.19. The Balaban J connectivity index is 2.50. The van der Waals surface area contributed by atoms with Crippen molar-refractivity contribution in [3.05, 3.63) is 28.7 Å². The van der Waals surface area contributed by atoms with Gasteiger partial charge in [0.25, 0.3) is 0 Å². The summed E-state index contributed by atoms with van der Waals surface area (Å²) in [5, 5.41) is 3.42. The van der Waals surface area contributed by atoms with Gasteiger partial charge in [0.2, 0.25) is 0 Å². The maximum atomic E-state index is 6.02. The minimum atomic E-state index is 0.255. The van der Waals surface area contributed by atoms with E-state index in [1.54, 1.807) is 0 Å². The molecule has 0 spiro atoms. The van der Waals surface area contributed by atoms with E-state index < -0.39 is 0 Å². The minimum Gasteiger partial charge on any atom is -0.488 e. The van der Waals surface area contributed by atoms with E-state index in [0.717, 1.165) is 42.6 Å². The predicted octanol–water partition coefficient (Wildman–Crippen LogP) is 4.00. The lowest BCUT2D eigenvalue weighted by Gasteiger charge is -2.20. The molecule has 0 fully saturated rings. The van der Waals surface area contributed by atoms with E-state index in [9.17, 15) is 0 Å². The molecule has 0 aliphatic heterocycles. The summed E-state index contributed by atoms with van der Waals surface area (Å²) < 4.78 is 7.05.